The van der Waals surface area contributed by atoms with E-state index in [4.69, 9.17) is 4.74 Å². The molecule has 0 radical (unpaired) electrons. The number of amides is 1. The summed E-state index contributed by atoms with van der Waals surface area (Å²) >= 11 is 0. The molecule has 1 aromatic heterocycles. The second kappa shape index (κ2) is 6.92. The van der Waals surface area contributed by atoms with Crippen molar-refractivity contribution in [1.82, 2.24) is 15.3 Å². The van der Waals surface area contributed by atoms with E-state index in [1.165, 1.54) is 0 Å². The highest BCUT2D eigenvalue weighted by Gasteiger charge is 2.13. The van der Waals surface area contributed by atoms with Crippen molar-refractivity contribution in [3.8, 4) is 5.75 Å². The van der Waals surface area contributed by atoms with Crippen LogP contribution in [0.15, 0.2) is 36.7 Å². The number of nitrogens with zero attached hydrogens (tertiary/aromatic N) is 1. The van der Waals surface area contributed by atoms with Crippen LogP contribution in [0.3, 0.4) is 0 Å². The van der Waals surface area contributed by atoms with Crippen LogP contribution >= 0.6 is 0 Å². The van der Waals surface area contributed by atoms with E-state index in [0.29, 0.717) is 5.92 Å². The van der Waals surface area contributed by atoms with Crippen LogP contribution in [0.5, 0.6) is 5.75 Å². The lowest BCUT2D eigenvalue weighted by atomic mass is 10.0. The van der Waals surface area contributed by atoms with Crippen LogP contribution in [-0.4, -0.2) is 22.5 Å². The number of benzene rings is 1. The van der Waals surface area contributed by atoms with Gasteiger partial charge in [0, 0.05) is 12.4 Å². The standard InChI is InChI=1S/C16H21N3O2/c1-11(2)13-6-4-5-7-14(13)21-10-15(20)19-12(3)16-17-8-9-18-16/h4-9,11-12H,10H2,1-3H3,(H,17,18)(H,19,20). The van der Waals surface area contributed by atoms with E-state index in [9.17, 15) is 4.79 Å². The Hall–Kier alpha value is -2.30. The van der Waals surface area contributed by atoms with Crippen LogP contribution in [0.25, 0.3) is 0 Å². The number of aromatic nitrogens is 2. The fourth-order valence-electron chi connectivity index (χ4n) is 2.10. The van der Waals surface area contributed by atoms with Crippen molar-refractivity contribution in [2.45, 2.75) is 32.7 Å². The Kier molecular flexibility index (Phi) is 4.98. The van der Waals surface area contributed by atoms with E-state index < -0.39 is 0 Å². The zero-order valence-electron chi connectivity index (χ0n) is 12.6. The molecule has 112 valence electrons. The maximum absolute atomic E-state index is 11.9. The molecule has 0 bridgehead atoms. The Bertz CT molecular complexity index is 579. The first-order valence-corrected chi connectivity index (χ1v) is 7.08. The van der Waals surface area contributed by atoms with E-state index >= 15 is 0 Å². The van der Waals surface area contributed by atoms with Gasteiger partial charge in [-0.25, -0.2) is 4.98 Å². The summed E-state index contributed by atoms with van der Waals surface area (Å²) in [5, 5.41) is 2.84. The third-order valence-electron chi connectivity index (χ3n) is 3.21. The van der Waals surface area contributed by atoms with Crippen LogP contribution in [0.4, 0.5) is 0 Å². The van der Waals surface area contributed by atoms with Crippen molar-refractivity contribution in [2.24, 2.45) is 0 Å². The molecule has 5 nitrogen and oxygen atoms in total. The lowest BCUT2D eigenvalue weighted by Gasteiger charge is -2.15. The average molecular weight is 287 g/mol. The number of para-hydroxylation sites is 1. The van der Waals surface area contributed by atoms with E-state index in [1.54, 1.807) is 12.4 Å². The van der Waals surface area contributed by atoms with Gasteiger partial charge >= 0.3 is 0 Å². The lowest BCUT2D eigenvalue weighted by molar-refractivity contribution is -0.123. The van der Waals surface area contributed by atoms with Crippen LogP contribution in [0.1, 0.15) is 44.1 Å². The molecule has 0 fully saturated rings. The number of carbonyl (C=O) groups excluding carboxylic acids is 1. The van der Waals surface area contributed by atoms with Gasteiger partial charge in [-0.2, -0.15) is 0 Å². The molecule has 2 N–H and O–H groups in total. The first kappa shape index (κ1) is 15.1. The number of hydrogen-bond acceptors (Lipinski definition) is 3. The summed E-state index contributed by atoms with van der Waals surface area (Å²) in [6.45, 7) is 6.07. The number of nitrogens with one attached hydrogen (secondary N) is 2. The van der Waals surface area contributed by atoms with Crippen LogP contribution in [-0.2, 0) is 4.79 Å². The molecule has 2 rings (SSSR count). The monoisotopic (exact) mass is 287 g/mol. The number of carbonyl (C=O) groups is 1. The first-order chi connectivity index (χ1) is 10.1. The molecule has 0 saturated carbocycles. The molecule has 2 aromatic rings. The fourth-order valence-corrected chi connectivity index (χ4v) is 2.10. The first-order valence-electron chi connectivity index (χ1n) is 7.08. The van der Waals surface area contributed by atoms with Crippen molar-refractivity contribution < 1.29 is 9.53 Å². The predicted octanol–water partition coefficient (Wildman–Crippen LogP) is 2.79. The molecule has 1 aromatic carbocycles. The third kappa shape index (κ3) is 4.08. The van der Waals surface area contributed by atoms with Gasteiger partial charge in [-0.05, 0) is 24.5 Å². The molecule has 0 aliphatic rings. The molecule has 1 atom stereocenters. The topological polar surface area (TPSA) is 67.0 Å². The van der Waals surface area contributed by atoms with Crippen molar-refractivity contribution in [2.75, 3.05) is 6.61 Å². The summed E-state index contributed by atoms with van der Waals surface area (Å²) in [5.41, 5.74) is 1.10. The van der Waals surface area contributed by atoms with Gasteiger partial charge in [0.15, 0.2) is 6.61 Å². The van der Waals surface area contributed by atoms with Crippen molar-refractivity contribution >= 4 is 5.91 Å². The largest absolute Gasteiger partial charge is 0.483 e. The second-order valence-corrected chi connectivity index (χ2v) is 5.24. The van der Waals surface area contributed by atoms with Gasteiger partial charge in [-0.1, -0.05) is 32.0 Å². The third-order valence-corrected chi connectivity index (χ3v) is 3.21. The molecule has 1 heterocycles. The van der Waals surface area contributed by atoms with E-state index in [-0.39, 0.29) is 18.6 Å². The predicted molar refractivity (Wildman–Crippen MR) is 81.2 cm³/mol. The highest BCUT2D eigenvalue weighted by molar-refractivity contribution is 5.77. The van der Waals surface area contributed by atoms with E-state index in [0.717, 1.165) is 17.1 Å². The van der Waals surface area contributed by atoms with Gasteiger partial charge in [-0.15, -0.1) is 0 Å². The van der Waals surface area contributed by atoms with Crippen LogP contribution in [0, 0.1) is 0 Å². The quantitative estimate of drug-likeness (QED) is 0.858. The minimum Gasteiger partial charge on any atom is -0.483 e. The molecule has 21 heavy (non-hydrogen) atoms. The lowest BCUT2D eigenvalue weighted by Crippen LogP contribution is -2.31. The summed E-state index contributed by atoms with van der Waals surface area (Å²) in [7, 11) is 0. The maximum Gasteiger partial charge on any atom is 0.258 e. The molecule has 1 amide bonds. The Morgan fingerprint density at radius 3 is 2.76 bits per heavy atom. The number of rotatable bonds is 6. The van der Waals surface area contributed by atoms with Crippen molar-refractivity contribution in [1.29, 1.82) is 0 Å². The molecule has 0 aliphatic heterocycles. The summed E-state index contributed by atoms with van der Waals surface area (Å²) in [6.07, 6.45) is 3.39. The van der Waals surface area contributed by atoms with Gasteiger partial charge in [0.25, 0.3) is 5.91 Å². The fraction of sp³-hybridized carbons (Fsp3) is 0.375. The van der Waals surface area contributed by atoms with Crippen LogP contribution < -0.4 is 10.1 Å². The summed E-state index contributed by atoms with van der Waals surface area (Å²) in [5.74, 6) is 1.67. The highest BCUT2D eigenvalue weighted by Crippen LogP contribution is 2.25. The highest BCUT2D eigenvalue weighted by atomic mass is 16.5. The summed E-state index contributed by atoms with van der Waals surface area (Å²) < 4.78 is 5.64. The number of imidazole rings is 1. The molecule has 0 spiro atoms. The maximum atomic E-state index is 11.9. The number of hydrogen-bond donors (Lipinski definition) is 2. The molecule has 5 heteroatoms. The minimum atomic E-state index is -0.170. The molecule has 0 saturated heterocycles. The average Bonchev–Trinajstić information content (AvgIpc) is 2.99. The molecular formula is C16H21N3O2. The minimum absolute atomic E-state index is 0.00518. The molecule has 0 aliphatic carbocycles. The number of aromatic amines is 1. The number of H-pyrrole nitrogens is 1. The SMILES string of the molecule is CC(C)c1ccccc1OCC(=O)NC(C)c1ncc[nH]1. The van der Waals surface area contributed by atoms with Crippen molar-refractivity contribution in [3.63, 3.8) is 0 Å². The second-order valence-electron chi connectivity index (χ2n) is 5.24. The van der Waals surface area contributed by atoms with Crippen molar-refractivity contribution in [3.05, 3.63) is 48.0 Å². The zero-order chi connectivity index (χ0) is 15.2. The van der Waals surface area contributed by atoms with Gasteiger partial charge in [0.1, 0.15) is 11.6 Å². The summed E-state index contributed by atoms with van der Waals surface area (Å²) in [4.78, 5) is 19.0. The zero-order valence-corrected chi connectivity index (χ0v) is 12.6. The van der Waals surface area contributed by atoms with Gasteiger partial charge in [0.05, 0.1) is 6.04 Å². The smallest absolute Gasteiger partial charge is 0.258 e. The van der Waals surface area contributed by atoms with E-state index in [1.807, 2.05) is 31.2 Å². The normalized spacial score (nSPS) is 12.2. The van der Waals surface area contributed by atoms with Gasteiger partial charge in [-0.3, -0.25) is 4.79 Å². The Morgan fingerprint density at radius 1 is 1.33 bits per heavy atom. The molecular weight excluding hydrogens is 266 g/mol. The Balaban J connectivity index is 1.90. The molecule has 1 unspecified atom stereocenters. The number of ether oxygens (including phenoxy) is 1. The van der Waals surface area contributed by atoms with E-state index in [2.05, 4.69) is 29.1 Å². The van der Waals surface area contributed by atoms with Crippen LogP contribution in [0.2, 0.25) is 0 Å². The Morgan fingerprint density at radius 2 is 2.10 bits per heavy atom. The summed E-state index contributed by atoms with van der Waals surface area (Å²) in [6, 6.07) is 7.62. The Labute approximate surface area is 124 Å². The van der Waals surface area contributed by atoms with Gasteiger partial charge in [0.2, 0.25) is 0 Å². The van der Waals surface area contributed by atoms with Gasteiger partial charge < -0.3 is 15.0 Å².